The highest BCUT2D eigenvalue weighted by Gasteiger charge is 2.06. The van der Waals surface area contributed by atoms with Crippen molar-refractivity contribution in [2.75, 3.05) is 11.0 Å². The van der Waals surface area contributed by atoms with Gasteiger partial charge >= 0.3 is 0 Å². The number of imide groups is 1. The van der Waals surface area contributed by atoms with E-state index in [1.165, 1.54) is 12.2 Å². The van der Waals surface area contributed by atoms with E-state index in [0.717, 1.165) is 11.4 Å². The molecule has 2 aromatic rings. The summed E-state index contributed by atoms with van der Waals surface area (Å²) in [6.07, 6.45) is 2.39. The molecule has 0 bridgehead atoms. The van der Waals surface area contributed by atoms with Gasteiger partial charge in [0.25, 0.3) is 11.8 Å². The molecule has 2 amide bonds. The molecule has 1 heterocycles. The molecule has 0 saturated heterocycles. The fraction of sp³-hybridized carbons (Fsp3) is 0. The molecule has 1 aliphatic heterocycles. The monoisotopic (exact) mass is 297 g/mol. The lowest BCUT2D eigenvalue weighted by atomic mass is 10.3. The largest absolute Gasteiger partial charge is 0.289 e. The molecule has 3 N–H and O–H groups in total. The number of benzene rings is 2. The van der Waals surface area contributed by atoms with Crippen LogP contribution in [0.4, 0.5) is 11.4 Å². The molecule has 6 nitrogen and oxygen atoms in total. The Morgan fingerprint density at radius 1 is 0.682 bits per heavy atom. The molecule has 0 aromatic heterocycles. The maximum absolute atomic E-state index is 10.0. The summed E-state index contributed by atoms with van der Waals surface area (Å²) in [5, 5.41) is 2.03. The van der Waals surface area contributed by atoms with E-state index < -0.39 is 0 Å². The molecule has 0 atom stereocenters. The SMILES string of the molecule is O=C1C=CC(=O)N1.c1ccc(NONc2ccccc2)cc1. The van der Waals surface area contributed by atoms with Crippen LogP contribution in [0.5, 0.6) is 0 Å². The fourth-order valence-electron chi connectivity index (χ4n) is 1.51. The van der Waals surface area contributed by atoms with Crippen LogP contribution in [-0.4, -0.2) is 11.8 Å². The molecule has 0 aliphatic carbocycles. The van der Waals surface area contributed by atoms with Crippen molar-refractivity contribution < 1.29 is 14.5 Å². The summed E-state index contributed by atoms with van der Waals surface area (Å²) in [5.41, 5.74) is 7.37. The molecule has 2 aromatic carbocycles. The van der Waals surface area contributed by atoms with E-state index in [0.29, 0.717) is 0 Å². The number of hydrogen-bond acceptors (Lipinski definition) is 5. The van der Waals surface area contributed by atoms with E-state index in [2.05, 4.69) is 11.0 Å². The van der Waals surface area contributed by atoms with Crippen molar-refractivity contribution in [3.8, 4) is 0 Å². The first-order chi connectivity index (χ1) is 10.7. The molecule has 0 saturated carbocycles. The summed E-state index contributed by atoms with van der Waals surface area (Å²) in [7, 11) is 0. The Morgan fingerprint density at radius 3 is 1.41 bits per heavy atom. The van der Waals surface area contributed by atoms with E-state index in [4.69, 9.17) is 4.94 Å². The number of hydrogen-bond donors (Lipinski definition) is 3. The van der Waals surface area contributed by atoms with Crippen molar-refractivity contribution in [3.05, 3.63) is 72.8 Å². The molecule has 0 radical (unpaired) electrons. The maximum atomic E-state index is 10.0. The zero-order chi connectivity index (χ0) is 15.6. The minimum Gasteiger partial charge on any atom is -0.289 e. The molecule has 22 heavy (non-hydrogen) atoms. The van der Waals surface area contributed by atoms with Crippen molar-refractivity contribution in [1.29, 1.82) is 0 Å². The summed E-state index contributed by atoms with van der Waals surface area (Å²) in [6.45, 7) is 0. The Balaban J connectivity index is 0.000000211. The lowest BCUT2D eigenvalue weighted by molar-refractivity contribution is -0.123. The molecule has 0 unspecified atom stereocenters. The number of amides is 2. The van der Waals surface area contributed by atoms with E-state index in [1.54, 1.807) is 0 Å². The molecule has 1 aliphatic rings. The first-order valence-corrected chi connectivity index (χ1v) is 6.55. The van der Waals surface area contributed by atoms with Gasteiger partial charge in [-0.3, -0.25) is 14.9 Å². The summed E-state index contributed by atoms with van der Waals surface area (Å²) >= 11 is 0. The molecular formula is C16H15N3O3. The van der Waals surface area contributed by atoms with Crippen LogP contribution >= 0.6 is 0 Å². The predicted molar refractivity (Wildman–Crippen MR) is 83.5 cm³/mol. The van der Waals surface area contributed by atoms with Gasteiger partial charge in [-0.2, -0.15) is 4.94 Å². The number of rotatable bonds is 4. The van der Waals surface area contributed by atoms with Gasteiger partial charge in [0.05, 0.1) is 11.4 Å². The second-order valence-electron chi connectivity index (χ2n) is 4.23. The molecule has 6 heteroatoms. The average Bonchev–Trinajstić information content (AvgIpc) is 2.93. The Hall–Kier alpha value is -3.12. The van der Waals surface area contributed by atoms with Gasteiger partial charge in [0.15, 0.2) is 0 Å². The van der Waals surface area contributed by atoms with Crippen LogP contribution in [0.2, 0.25) is 0 Å². The van der Waals surface area contributed by atoms with Gasteiger partial charge in [0, 0.05) is 12.2 Å². The Bertz CT molecular complexity index is 587. The third kappa shape index (κ3) is 5.48. The van der Waals surface area contributed by atoms with Gasteiger partial charge in [0.2, 0.25) is 0 Å². The van der Waals surface area contributed by atoms with Crippen LogP contribution in [0.25, 0.3) is 0 Å². The third-order valence-electron chi connectivity index (χ3n) is 2.52. The highest BCUT2D eigenvalue weighted by atomic mass is 16.8. The van der Waals surface area contributed by atoms with Gasteiger partial charge < -0.3 is 0 Å². The lowest BCUT2D eigenvalue weighted by Gasteiger charge is -2.07. The first-order valence-electron chi connectivity index (χ1n) is 6.55. The second kappa shape index (κ2) is 8.23. The normalized spacial score (nSPS) is 12.2. The summed E-state index contributed by atoms with van der Waals surface area (Å²) in [4.78, 5) is 25.2. The zero-order valence-corrected chi connectivity index (χ0v) is 11.7. The fourth-order valence-corrected chi connectivity index (χ4v) is 1.51. The highest BCUT2D eigenvalue weighted by Crippen LogP contribution is 2.07. The molecule has 0 fully saturated rings. The predicted octanol–water partition coefficient (Wildman–Crippen LogP) is 2.26. The standard InChI is InChI=1S/C12H12N2O.C4H3NO2/c1-3-7-11(8-4-1)13-15-14-12-9-5-2-6-10-12;6-3-1-2-4(7)5-3/h1-10,13-14H;1-2H,(H,5,6,7). The van der Waals surface area contributed by atoms with Crippen LogP contribution in [0.15, 0.2) is 72.8 Å². The van der Waals surface area contributed by atoms with E-state index >= 15 is 0 Å². The van der Waals surface area contributed by atoms with Gasteiger partial charge in [-0.25, -0.2) is 11.0 Å². The van der Waals surface area contributed by atoms with Crippen LogP contribution in [0, 0.1) is 0 Å². The molecule has 0 spiro atoms. The highest BCUT2D eigenvalue weighted by molar-refractivity contribution is 6.12. The van der Waals surface area contributed by atoms with Gasteiger partial charge in [0.1, 0.15) is 0 Å². The van der Waals surface area contributed by atoms with Crippen molar-refractivity contribution in [3.63, 3.8) is 0 Å². The number of anilines is 2. The van der Waals surface area contributed by atoms with Crippen molar-refractivity contribution in [2.24, 2.45) is 0 Å². The zero-order valence-electron chi connectivity index (χ0n) is 11.7. The van der Waals surface area contributed by atoms with Crippen molar-refractivity contribution >= 4 is 23.2 Å². The van der Waals surface area contributed by atoms with E-state index in [9.17, 15) is 9.59 Å². The maximum Gasteiger partial charge on any atom is 0.250 e. The smallest absolute Gasteiger partial charge is 0.250 e. The van der Waals surface area contributed by atoms with Gasteiger partial charge in [-0.05, 0) is 24.3 Å². The van der Waals surface area contributed by atoms with Crippen molar-refractivity contribution in [1.82, 2.24) is 5.32 Å². The first kappa shape index (κ1) is 15.3. The van der Waals surface area contributed by atoms with Crippen molar-refractivity contribution in [2.45, 2.75) is 0 Å². The Labute approximate surface area is 127 Å². The van der Waals surface area contributed by atoms with E-state index in [1.807, 2.05) is 66.0 Å². The van der Waals surface area contributed by atoms with Crippen LogP contribution in [0.3, 0.4) is 0 Å². The third-order valence-corrected chi connectivity index (χ3v) is 2.52. The summed E-state index contributed by atoms with van der Waals surface area (Å²) < 4.78 is 0. The minimum absolute atomic E-state index is 0.329. The molecule has 3 rings (SSSR count). The Kier molecular flexibility index (Phi) is 5.71. The number of carbonyl (C=O) groups excluding carboxylic acids is 2. The summed E-state index contributed by atoms with van der Waals surface area (Å²) in [5.74, 6) is -0.657. The van der Waals surface area contributed by atoms with Gasteiger partial charge in [-0.1, -0.05) is 36.4 Å². The topological polar surface area (TPSA) is 79.5 Å². The number of para-hydroxylation sites is 2. The lowest BCUT2D eigenvalue weighted by Crippen LogP contribution is -2.19. The van der Waals surface area contributed by atoms with Crippen LogP contribution in [0.1, 0.15) is 0 Å². The van der Waals surface area contributed by atoms with Crippen LogP contribution in [-0.2, 0) is 14.5 Å². The number of nitrogens with one attached hydrogen (secondary N) is 3. The minimum atomic E-state index is -0.329. The molecular weight excluding hydrogens is 282 g/mol. The second-order valence-corrected chi connectivity index (χ2v) is 4.23. The molecule has 112 valence electrons. The average molecular weight is 297 g/mol. The van der Waals surface area contributed by atoms with Crippen LogP contribution < -0.4 is 16.3 Å². The van der Waals surface area contributed by atoms with E-state index in [-0.39, 0.29) is 11.8 Å². The number of carbonyl (C=O) groups is 2. The quantitative estimate of drug-likeness (QED) is 0.596. The Morgan fingerprint density at radius 2 is 1.09 bits per heavy atom. The van der Waals surface area contributed by atoms with Gasteiger partial charge in [-0.15, -0.1) is 0 Å². The summed E-state index contributed by atoms with van der Waals surface area (Å²) in [6, 6.07) is 19.4.